The Bertz CT molecular complexity index is 368. The van der Waals surface area contributed by atoms with Crippen LogP contribution in [0.15, 0.2) is 0 Å². The lowest BCUT2D eigenvalue weighted by Gasteiger charge is -2.43. The van der Waals surface area contributed by atoms with Crippen LogP contribution in [-0.2, 0) is 4.74 Å². The molecule has 18 heavy (non-hydrogen) atoms. The molecule has 2 aliphatic rings. The number of carbonyl (C=O) groups is 1. The molecule has 1 heterocycles. The van der Waals surface area contributed by atoms with E-state index in [1.807, 2.05) is 0 Å². The molecular weight excluding hydrogens is 242 g/mol. The summed E-state index contributed by atoms with van der Waals surface area (Å²) in [4.78, 5) is 13.2. The van der Waals surface area contributed by atoms with Gasteiger partial charge in [-0.05, 0) is 33.6 Å². The van der Waals surface area contributed by atoms with Gasteiger partial charge in [0.15, 0.2) is 0 Å². The predicted molar refractivity (Wildman–Crippen MR) is 62.4 cm³/mol. The molecule has 104 valence electrons. The van der Waals surface area contributed by atoms with Gasteiger partial charge in [0, 0.05) is 19.0 Å². The van der Waals surface area contributed by atoms with Gasteiger partial charge < -0.3 is 15.4 Å². The number of alkyl halides is 2. The number of fused-ring (bicyclic) bond motifs is 2. The number of amides is 1. The Morgan fingerprint density at radius 3 is 2.56 bits per heavy atom. The van der Waals surface area contributed by atoms with Crippen molar-refractivity contribution in [2.45, 2.75) is 50.7 Å². The van der Waals surface area contributed by atoms with Crippen LogP contribution in [0.2, 0.25) is 0 Å². The van der Waals surface area contributed by atoms with E-state index in [0.29, 0.717) is 6.42 Å². The molecule has 1 aliphatic carbocycles. The summed E-state index contributed by atoms with van der Waals surface area (Å²) in [6.07, 6.45) is 0.0620. The maximum atomic E-state index is 13.9. The fraction of sp³-hybridized carbons (Fsp3) is 0.917. The number of likely N-dealkylation sites (tertiary alicyclic amines) is 1. The Labute approximate surface area is 105 Å². The van der Waals surface area contributed by atoms with Crippen molar-refractivity contribution in [3.63, 3.8) is 0 Å². The fourth-order valence-electron chi connectivity index (χ4n) is 2.71. The highest BCUT2D eigenvalue weighted by Crippen LogP contribution is 2.50. The van der Waals surface area contributed by atoms with Gasteiger partial charge in [0.2, 0.25) is 0 Å². The van der Waals surface area contributed by atoms with Crippen LogP contribution in [0.3, 0.4) is 0 Å². The zero-order valence-electron chi connectivity index (χ0n) is 11.0. The van der Waals surface area contributed by atoms with Crippen LogP contribution in [0.25, 0.3) is 0 Å². The summed E-state index contributed by atoms with van der Waals surface area (Å²) < 4.78 is 33.0. The molecule has 4 nitrogen and oxygen atoms in total. The van der Waals surface area contributed by atoms with E-state index >= 15 is 0 Å². The van der Waals surface area contributed by atoms with Crippen molar-refractivity contribution in [2.75, 3.05) is 13.1 Å². The van der Waals surface area contributed by atoms with Crippen LogP contribution in [0.1, 0.15) is 33.6 Å². The van der Waals surface area contributed by atoms with Gasteiger partial charge in [0.1, 0.15) is 5.60 Å². The summed E-state index contributed by atoms with van der Waals surface area (Å²) in [6, 6.07) is 0. The Hall–Kier alpha value is -0.910. The quantitative estimate of drug-likeness (QED) is 0.726. The van der Waals surface area contributed by atoms with E-state index in [-0.39, 0.29) is 19.5 Å². The topological polar surface area (TPSA) is 55.6 Å². The third kappa shape index (κ3) is 2.06. The SMILES string of the molecule is CC(C)(C)OC(=O)N1CC2CCC(N)(C1)C2(F)F. The minimum Gasteiger partial charge on any atom is -0.444 e. The zero-order chi connectivity index (χ0) is 13.8. The van der Waals surface area contributed by atoms with Crippen LogP contribution in [-0.4, -0.2) is 41.1 Å². The van der Waals surface area contributed by atoms with E-state index in [1.54, 1.807) is 20.8 Å². The molecule has 0 radical (unpaired) electrons. The summed E-state index contributed by atoms with van der Waals surface area (Å²) in [5.74, 6) is -3.73. The lowest BCUT2D eigenvalue weighted by atomic mass is 9.88. The number of halogens is 2. The van der Waals surface area contributed by atoms with Crippen LogP contribution < -0.4 is 5.73 Å². The number of hydrogen-bond donors (Lipinski definition) is 1. The van der Waals surface area contributed by atoms with E-state index in [2.05, 4.69) is 0 Å². The lowest BCUT2D eigenvalue weighted by Crippen LogP contribution is -2.66. The normalized spacial score (nSPS) is 34.6. The third-order valence-electron chi connectivity index (χ3n) is 3.68. The standard InChI is InChI=1S/C12H20F2N2O2/c1-10(2,3)18-9(17)16-6-8-4-5-11(15,7-16)12(8,13)14/h8H,4-7,15H2,1-3H3. The molecule has 2 bridgehead atoms. The molecule has 6 heteroatoms. The average Bonchev–Trinajstić information content (AvgIpc) is 2.36. The van der Waals surface area contributed by atoms with Gasteiger partial charge in [-0.15, -0.1) is 0 Å². The first kappa shape index (κ1) is 13.5. The fourth-order valence-corrected chi connectivity index (χ4v) is 2.71. The van der Waals surface area contributed by atoms with Crippen molar-refractivity contribution in [3.05, 3.63) is 0 Å². The second-order valence-corrected chi connectivity index (χ2v) is 6.38. The van der Waals surface area contributed by atoms with E-state index in [1.165, 1.54) is 4.90 Å². The number of nitrogens with two attached hydrogens (primary N) is 1. The molecule has 1 amide bonds. The summed E-state index contributed by atoms with van der Waals surface area (Å²) in [7, 11) is 0. The number of carbonyl (C=O) groups excluding carboxylic acids is 1. The van der Waals surface area contributed by atoms with Crippen LogP contribution in [0.4, 0.5) is 13.6 Å². The monoisotopic (exact) mass is 262 g/mol. The molecular formula is C12H20F2N2O2. The van der Waals surface area contributed by atoms with Gasteiger partial charge in [0.25, 0.3) is 5.92 Å². The van der Waals surface area contributed by atoms with Crippen molar-refractivity contribution in [2.24, 2.45) is 11.7 Å². The van der Waals surface area contributed by atoms with Gasteiger partial charge in [-0.25, -0.2) is 13.6 Å². The maximum Gasteiger partial charge on any atom is 0.410 e. The molecule has 2 unspecified atom stereocenters. The van der Waals surface area contributed by atoms with Crippen molar-refractivity contribution in [3.8, 4) is 0 Å². The zero-order valence-corrected chi connectivity index (χ0v) is 11.0. The maximum absolute atomic E-state index is 13.9. The molecule has 0 aromatic rings. The highest BCUT2D eigenvalue weighted by Gasteiger charge is 2.65. The van der Waals surface area contributed by atoms with Crippen molar-refractivity contribution >= 4 is 6.09 Å². The van der Waals surface area contributed by atoms with Crippen molar-refractivity contribution in [1.82, 2.24) is 4.90 Å². The van der Waals surface area contributed by atoms with Gasteiger partial charge in [0.05, 0.1) is 5.54 Å². The van der Waals surface area contributed by atoms with Crippen LogP contribution in [0.5, 0.6) is 0 Å². The van der Waals surface area contributed by atoms with E-state index in [9.17, 15) is 13.6 Å². The molecule has 2 atom stereocenters. The summed E-state index contributed by atoms with van der Waals surface area (Å²) in [6.45, 7) is 5.13. The van der Waals surface area contributed by atoms with Gasteiger partial charge >= 0.3 is 6.09 Å². The lowest BCUT2D eigenvalue weighted by molar-refractivity contribution is -0.128. The van der Waals surface area contributed by atoms with E-state index < -0.39 is 29.1 Å². The number of piperidine rings is 1. The smallest absolute Gasteiger partial charge is 0.410 e. The molecule has 2 N–H and O–H groups in total. The molecule has 1 saturated heterocycles. The summed E-state index contributed by atoms with van der Waals surface area (Å²) in [5, 5.41) is 0. The molecule has 2 rings (SSSR count). The van der Waals surface area contributed by atoms with Crippen LogP contribution in [0, 0.1) is 5.92 Å². The number of rotatable bonds is 0. The minimum atomic E-state index is -2.88. The van der Waals surface area contributed by atoms with Crippen molar-refractivity contribution < 1.29 is 18.3 Å². The average molecular weight is 262 g/mol. The highest BCUT2D eigenvalue weighted by molar-refractivity contribution is 5.68. The Kier molecular flexibility index (Phi) is 2.85. The Morgan fingerprint density at radius 2 is 2.06 bits per heavy atom. The Morgan fingerprint density at radius 1 is 1.44 bits per heavy atom. The third-order valence-corrected chi connectivity index (χ3v) is 3.68. The van der Waals surface area contributed by atoms with Crippen molar-refractivity contribution in [1.29, 1.82) is 0 Å². The molecule has 0 spiro atoms. The number of nitrogens with zero attached hydrogens (tertiary/aromatic N) is 1. The highest BCUT2D eigenvalue weighted by atomic mass is 19.3. The number of ether oxygens (including phenoxy) is 1. The van der Waals surface area contributed by atoms with Gasteiger partial charge in [-0.2, -0.15) is 0 Å². The molecule has 2 fully saturated rings. The molecule has 1 aliphatic heterocycles. The van der Waals surface area contributed by atoms with E-state index in [4.69, 9.17) is 10.5 Å². The minimum absolute atomic E-state index is 0.0286. The van der Waals surface area contributed by atoms with E-state index in [0.717, 1.165) is 0 Å². The van der Waals surface area contributed by atoms with Gasteiger partial charge in [-0.1, -0.05) is 0 Å². The second-order valence-electron chi connectivity index (χ2n) is 6.38. The number of hydrogen-bond acceptors (Lipinski definition) is 3. The first-order valence-electron chi connectivity index (χ1n) is 6.20. The largest absolute Gasteiger partial charge is 0.444 e. The summed E-state index contributed by atoms with van der Waals surface area (Å²) in [5.41, 5.74) is 3.55. The van der Waals surface area contributed by atoms with Crippen LogP contribution >= 0.6 is 0 Å². The van der Waals surface area contributed by atoms with Gasteiger partial charge in [-0.3, -0.25) is 0 Å². The first-order chi connectivity index (χ1) is 8.05. The second kappa shape index (κ2) is 3.79. The molecule has 0 aromatic carbocycles. The Balaban J connectivity index is 2.10. The predicted octanol–water partition coefficient (Wildman–Crippen LogP) is 1.98. The molecule has 0 aromatic heterocycles. The summed E-state index contributed by atoms with van der Waals surface area (Å²) >= 11 is 0. The first-order valence-corrected chi connectivity index (χ1v) is 6.20. The molecule has 1 saturated carbocycles.